The van der Waals surface area contributed by atoms with Crippen LogP contribution < -0.4 is 10.6 Å². The number of hydrogen-bond acceptors (Lipinski definition) is 1. The van der Waals surface area contributed by atoms with Crippen molar-refractivity contribution >= 4 is 38.9 Å². The van der Waals surface area contributed by atoms with Crippen molar-refractivity contribution in [2.24, 2.45) is 0 Å². The molecule has 0 heterocycles. The average molecular weight is 391 g/mol. The first-order valence-electron chi connectivity index (χ1n) is 8.00. The van der Waals surface area contributed by atoms with Gasteiger partial charge in [-0.1, -0.05) is 53.5 Å². The lowest BCUT2D eigenvalue weighted by Gasteiger charge is -2.17. The minimum Gasteiger partial charge on any atom is -0.356 e. The van der Waals surface area contributed by atoms with Gasteiger partial charge >= 0.3 is 0 Å². The number of hydrogen-bond donors (Lipinski definition) is 2. The molecule has 0 aliphatic carbocycles. The molecule has 2 rings (SSSR count). The van der Waals surface area contributed by atoms with Gasteiger partial charge in [-0.15, -0.1) is 0 Å². The maximum Gasteiger partial charge on any atom is 0.171 e. The second kappa shape index (κ2) is 9.04. The lowest BCUT2D eigenvalue weighted by molar-refractivity contribution is 0.722. The number of unbranched alkanes of at least 4 members (excludes halogenated alkanes) is 1. The van der Waals surface area contributed by atoms with E-state index in [1.807, 2.05) is 12.1 Å². The van der Waals surface area contributed by atoms with E-state index >= 15 is 0 Å². The summed E-state index contributed by atoms with van der Waals surface area (Å²) in [6, 6.07) is 16.9. The molecule has 23 heavy (non-hydrogen) atoms. The van der Waals surface area contributed by atoms with E-state index in [4.69, 9.17) is 12.2 Å². The zero-order valence-electron chi connectivity index (χ0n) is 13.6. The molecular weight excluding hydrogens is 368 g/mol. The van der Waals surface area contributed by atoms with Gasteiger partial charge in [0, 0.05) is 10.2 Å². The van der Waals surface area contributed by atoms with E-state index in [2.05, 4.69) is 76.8 Å². The molecule has 0 fully saturated rings. The van der Waals surface area contributed by atoms with E-state index in [9.17, 15) is 0 Å². The van der Waals surface area contributed by atoms with E-state index in [0.717, 1.165) is 16.6 Å². The summed E-state index contributed by atoms with van der Waals surface area (Å²) in [4.78, 5) is 0. The van der Waals surface area contributed by atoms with Gasteiger partial charge in [0.25, 0.3) is 0 Å². The SMILES string of the molecule is CCCCc1ccc(NC(=S)NC(C)c2ccc(Br)cc2)cc1. The molecule has 122 valence electrons. The number of halogens is 1. The predicted molar refractivity (Wildman–Crippen MR) is 107 cm³/mol. The fraction of sp³-hybridized carbons (Fsp3) is 0.316. The summed E-state index contributed by atoms with van der Waals surface area (Å²) >= 11 is 8.86. The van der Waals surface area contributed by atoms with Gasteiger partial charge in [0.15, 0.2) is 5.11 Å². The van der Waals surface area contributed by atoms with E-state index in [1.54, 1.807) is 0 Å². The third kappa shape index (κ3) is 5.96. The normalized spacial score (nSPS) is 11.8. The molecule has 1 unspecified atom stereocenters. The van der Waals surface area contributed by atoms with Crippen LogP contribution in [0.1, 0.15) is 43.9 Å². The first kappa shape index (κ1) is 18.0. The number of benzene rings is 2. The van der Waals surface area contributed by atoms with Gasteiger partial charge in [0.05, 0.1) is 6.04 Å². The summed E-state index contributed by atoms with van der Waals surface area (Å²) in [5.41, 5.74) is 3.59. The second-order valence-electron chi connectivity index (χ2n) is 5.67. The monoisotopic (exact) mass is 390 g/mol. The van der Waals surface area contributed by atoms with Crippen LogP contribution in [0.15, 0.2) is 53.0 Å². The Labute approximate surface area is 152 Å². The summed E-state index contributed by atoms with van der Waals surface area (Å²) in [6.45, 7) is 4.32. The summed E-state index contributed by atoms with van der Waals surface area (Å²) in [6.07, 6.45) is 3.60. The van der Waals surface area contributed by atoms with E-state index in [-0.39, 0.29) is 6.04 Å². The van der Waals surface area contributed by atoms with Crippen molar-refractivity contribution in [3.05, 3.63) is 64.1 Å². The van der Waals surface area contributed by atoms with Gasteiger partial charge in [-0.05, 0) is 67.4 Å². The van der Waals surface area contributed by atoms with Crippen molar-refractivity contribution in [1.82, 2.24) is 5.32 Å². The first-order chi connectivity index (χ1) is 11.1. The largest absolute Gasteiger partial charge is 0.356 e. The Morgan fingerprint density at radius 2 is 1.74 bits per heavy atom. The fourth-order valence-corrected chi connectivity index (χ4v) is 2.89. The molecule has 2 aromatic rings. The van der Waals surface area contributed by atoms with Gasteiger partial charge in [-0.3, -0.25) is 0 Å². The number of nitrogens with one attached hydrogen (secondary N) is 2. The lowest BCUT2D eigenvalue weighted by atomic mass is 10.1. The topological polar surface area (TPSA) is 24.1 Å². The van der Waals surface area contributed by atoms with Crippen molar-refractivity contribution in [2.45, 2.75) is 39.2 Å². The summed E-state index contributed by atoms with van der Waals surface area (Å²) in [5.74, 6) is 0. The Hall–Kier alpha value is -1.39. The number of anilines is 1. The zero-order chi connectivity index (χ0) is 16.7. The highest BCUT2D eigenvalue weighted by molar-refractivity contribution is 9.10. The maximum absolute atomic E-state index is 5.41. The summed E-state index contributed by atoms with van der Waals surface area (Å²) in [7, 11) is 0. The minimum atomic E-state index is 0.159. The van der Waals surface area contributed by atoms with Crippen molar-refractivity contribution in [2.75, 3.05) is 5.32 Å². The molecule has 2 aromatic carbocycles. The molecule has 0 spiro atoms. The van der Waals surface area contributed by atoms with Crippen LogP contribution in [-0.4, -0.2) is 5.11 Å². The van der Waals surface area contributed by atoms with Crippen LogP contribution in [0.2, 0.25) is 0 Å². The van der Waals surface area contributed by atoms with Gasteiger partial charge in [-0.25, -0.2) is 0 Å². The van der Waals surface area contributed by atoms with Crippen LogP contribution in [0.5, 0.6) is 0 Å². The van der Waals surface area contributed by atoms with Crippen LogP contribution in [0.4, 0.5) is 5.69 Å². The predicted octanol–water partition coefficient (Wildman–Crippen LogP) is 5.84. The molecule has 0 aliphatic heterocycles. The molecule has 0 radical (unpaired) electrons. The van der Waals surface area contributed by atoms with Gasteiger partial charge in [0.2, 0.25) is 0 Å². The van der Waals surface area contributed by atoms with E-state index < -0.39 is 0 Å². The fourth-order valence-electron chi connectivity index (χ4n) is 2.33. The summed E-state index contributed by atoms with van der Waals surface area (Å²) in [5, 5.41) is 7.21. The van der Waals surface area contributed by atoms with Crippen molar-refractivity contribution in [1.29, 1.82) is 0 Å². The van der Waals surface area contributed by atoms with Crippen molar-refractivity contribution < 1.29 is 0 Å². The highest BCUT2D eigenvalue weighted by Gasteiger charge is 2.07. The molecule has 2 nitrogen and oxygen atoms in total. The van der Waals surface area contributed by atoms with Crippen LogP contribution >= 0.6 is 28.1 Å². The molecule has 0 aromatic heterocycles. The molecule has 0 amide bonds. The number of thiocarbonyl (C=S) groups is 1. The smallest absolute Gasteiger partial charge is 0.171 e. The number of aryl methyl sites for hydroxylation is 1. The third-order valence-electron chi connectivity index (χ3n) is 3.75. The average Bonchev–Trinajstić information content (AvgIpc) is 2.54. The molecule has 2 N–H and O–H groups in total. The number of rotatable bonds is 6. The molecule has 0 saturated carbocycles. The highest BCUT2D eigenvalue weighted by Crippen LogP contribution is 2.17. The first-order valence-corrected chi connectivity index (χ1v) is 9.20. The van der Waals surface area contributed by atoms with Crippen LogP contribution in [0, 0.1) is 0 Å². The Morgan fingerprint density at radius 3 is 2.35 bits per heavy atom. The quantitative estimate of drug-likeness (QED) is 0.605. The Bertz CT molecular complexity index is 623. The molecular formula is C19H23BrN2S. The zero-order valence-corrected chi connectivity index (χ0v) is 16.0. The highest BCUT2D eigenvalue weighted by atomic mass is 79.9. The second-order valence-corrected chi connectivity index (χ2v) is 7.00. The molecule has 0 aliphatic rings. The standard InChI is InChI=1S/C19H23BrN2S/c1-3-4-5-15-6-12-18(13-7-15)22-19(23)21-14(2)16-8-10-17(20)11-9-16/h6-14H,3-5H2,1-2H3,(H2,21,22,23). The van der Waals surface area contributed by atoms with E-state index in [0.29, 0.717) is 5.11 Å². The summed E-state index contributed by atoms with van der Waals surface area (Å²) < 4.78 is 1.08. The van der Waals surface area contributed by atoms with Gasteiger partial charge in [0.1, 0.15) is 0 Å². The van der Waals surface area contributed by atoms with Crippen molar-refractivity contribution in [3.63, 3.8) is 0 Å². The van der Waals surface area contributed by atoms with Crippen LogP contribution in [0.25, 0.3) is 0 Å². The minimum absolute atomic E-state index is 0.159. The van der Waals surface area contributed by atoms with E-state index in [1.165, 1.54) is 24.0 Å². The molecule has 4 heteroatoms. The van der Waals surface area contributed by atoms with Gasteiger partial charge in [-0.2, -0.15) is 0 Å². The molecule has 0 bridgehead atoms. The Morgan fingerprint density at radius 1 is 1.09 bits per heavy atom. The molecule has 0 saturated heterocycles. The van der Waals surface area contributed by atoms with Crippen molar-refractivity contribution in [3.8, 4) is 0 Å². The molecule has 1 atom stereocenters. The van der Waals surface area contributed by atoms with Gasteiger partial charge < -0.3 is 10.6 Å². The Kier molecular flexibility index (Phi) is 7.06. The van der Waals surface area contributed by atoms with Crippen LogP contribution in [0.3, 0.4) is 0 Å². The Balaban J connectivity index is 1.87. The maximum atomic E-state index is 5.41. The lowest BCUT2D eigenvalue weighted by Crippen LogP contribution is -2.30. The van der Waals surface area contributed by atoms with Crippen LogP contribution in [-0.2, 0) is 6.42 Å². The third-order valence-corrected chi connectivity index (χ3v) is 4.50.